The Morgan fingerprint density at radius 3 is 2.06 bits per heavy atom. The molecule has 0 saturated carbocycles. The number of piperazine rings is 1. The van der Waals surface area contributed by atoms with Crippen LogP contribution in [-0.2, 0) is 14.3 Å². The molecule has 1 saturated heterocycles. The summed E-state index contributed by atoms with van der Waals surface area (Å²) in [5.74, 6) is -1.24. The molecule has 1 aliphatic carbocycles. The molecule has 4 rings (SSSR count). The number of nitrogens with one attached hydrogen (secondary N) is 1. The lowest BCUT2D eigenvalue weighted by Crippen LogP contribution is -2.55. The number of nitrogens with zero attached hydrogens (tertiary/aromatic N) is 2. The van der Waals surface area contributed by atoms with E-state index in [0.717, 1.165) is 22.3 Å². The van der Waals surface area contributed by atoms with E-state index in [-0.39, 0.29) is 25.2 Å². The van der Waals surface area contributed by atoms with E-state index in [9.17, 15) is 19.5 Å². The van der Waals surface area contributed by atoms with Gasteiger partial charge >= 0.3 is 18.2 Å². The van der Waals surface area contributed by atoms with E-state index in [1.54, 1.807) is 4.90 Å². The Bertz CT molecular complexity index is 1070. The van der Waals surface area contributed by atoms with Gasteiger partial charge in [0.15, 0.2) is 0 Å². The highest BCUT2D eigenvalue weighted by Crippen LogP contribution is 2.44. The minimum Gasteiger partial charge on any atom is -0.480 e. The van der Waals surface area contributed by atoms with E-state index >= 15 is 0 Å². The molecule has 0 unspecified atom stereocenters. The maximum Gasteiger partial charge on any atom is 0.410 e. The maximum atomic E-state index is 12.6. The van der Waals surface area contributed by atoms with Crippen molar-refractivity contribution in [3.8, 4) is 11.1 Å². The molecule has 2 aromatic carbocycles. The Hall–Kier alpha value is -3.59. The van der Waals surface area contributed by atoms with Crippen molar-refractivity contribution in [2.24, 2.45) is 0 Å². The molecule has 0 radical (unpaired) electrons. The molecule has 2 aromatic rings. The summed E-state index contributed by atoms with van der Waals surface area (Å²) >= 11 is 0. The first-order valence-corrected chi connectivity index (χ1v) is 12.2. The number of fused-ring (bicyclic) bond motifs is 3. The standard InChI is InChI=1S/C27H33N3O6/c1-27(2,3)36-26(34)30-14-12-29(13-15-30)16-23(24(31)32)28-25(33)35-17-22-20-10-6-4-8-18(20)19-9-5-7-11-21(19)22/h4-11,22-23H,12-17H2,1-3H3,(H,28,33)(H,31,32)/t23-/m1/s1. The van der Waals surface area contributed by atoms with Gasteiger partial charge in [0.25, 0.3) is 0 Å². The summed E-state index contributed by atoms with van der Waals surface area (Å²) in [5.41, 5.74) is 3.84. The van der Waals surface area contributed by atoms with Crippen molar-refractivity contribution >= 4 is 18.2 Å². The number of alkyl carbamates (subject to hydrolysis) is 1. The molecule has 9 nitrogen and oxygen atoms in total. The second-order valence-corrected chi connectivity index (χ2v) is 10.1. The van der Waals surface area contributed by atoms with Crippen molar-refractivity contribution in [2.75, 3.05) is 39.3 Å². The van der Waals surface area contributed by atoms with Crippen molar-refractivity contribution in [1.29, 1.82) is 0 Å². The van der Waals surface area contributed by atoms with Crippen molar-refractivity contribution in [3.63, 3.8) is 0 Å². The quantitative estimate of drug-likeness (QED) is 0.631. The zero-order chi connectivity index (χ0) is 25.9. The Morgan fingerprint density at radius 2 is 1.53 bits per heavy atom. The van der Waals surface area contributed by atoms with E-state index in [4.69, 9.17) is 9.47 Å². The normalized spacial score (nSPS) is 16.6. The van der Waals surface area contributed by atoms with Crippen LogP contribution in [0.2, 0.25) is 0 Å². The van der Waals surface area contributed by atoms with E-state index < -0.39 is 23.7 Å². The van der Waals surface area contributed by atoms with Crippen LogP contribution in [0, 0.1) is 0 Å². The van der Waals surface area contributed by atoms with Crippen LogP contribution in [0.25, 0.3) is 11.1 Å². The Balaban J connectivity index is 1.30. The number of carboxylic acids is 1. The van der Waals surface area contributed by atoms with Crippen molar-refractivity contribution < 1.29 is 29.0 Å². The van der Waals surface area contributed by atoms with Gasteiger partial charge < -0.3 is 24.8 Å². The molecule has 0 bridgehead atoms. The van der Waals surface area contributed by atoms with Gasteiger partial charge in [-0.2, -0.15) is 0 Å². The first kappa shape index (κ1) is 25.5. The number of rotatable bonds is 6. The van der Waals surface area contributed by atoms with E-state index in [1.807, 2.05) is 62.1 Å². The summed E-state index contributed by atoms with van der Waals surface area (Å²) in [6, 6.07) is 14.9. The van der Waals surface area contributed by atoms with Crippen molar-refractivity contribution in [2.45, 2.75) is 38.3 Å². The number of hydrogen-bond donors (Lipinski definition) is 2. The third kappa shape index (κ3) is 5.96. The van der Waals surface area contributed by atoms with Crippen LogP contribution in [0.15, 0.2) is 48.5 Å². The highest BCUT2D eigenvalue weighted by molar-refractivity contribution is 5.81. The van der Waals surface area contributed by atoms with Gasteiger partial charge in [-0.05, 0) is 43.0 Å². The molecule has 0 spiro atoms. The largest absolute Gasteiger partial charge is 0.480 e. The van der Waals surface area contributed by atoms with Gasteiger partial charge in [0.2, 0.25) is 0 Å². The summed E-state index contributed by atoms with van der Waals surface area (Å²) in [4.78, 5) is 40.2. The monoisotopic (exact) mass is 495 g/mol. The third-order valence-corrected chi connectivity index (χ3v) is 6.40. The fourth-order valence-corrected chi connectivity index (χ4v) is 4.67. The number of amides is 2. The third-order valence-electron chi connectivity index (χ3n) is 6.40. The van der Waals surface area contributed by atoms with Crippen LogP contribution in [0.1, 0.15) is 37.8 Å². The summed E-state index contributed by atoms with van der Waals surface area (Å²) in [7, 11) is 0. The fraction of sp³-hybridized carbons (Fsp3) is 0.444. The summed E-state index contributed by atoms with van der Waals surface area (Å²) in [6.07, 6.45) is -1.15. The lowest BCUT2D eigenvalue weighted by Gasteiger charge is -2.36. The van der Waals surface area contributed by atoms with Gasteiger partial charge in [-0.15, -0.1) is 0 Å². The molecule has 1 fully saturated rings. The van der Waals surface area contributed by atoms with Crippen LogP contribution < -0.4 is 5.32 Å². The first-order valence-electron chi connectivity index (χ1n) is 12.2. The smallest absolute Gasteiger partial charge is 0.410 e. The average molecular weight is 496 g/mol. The number of aliphatic carboxylic acids is 1. The van der Waals surface area contributed by atoms with Crippen LogP contribution in [-0.4, -0.2) is 84.0 Å². The topological polar surface area (TPSA) is 108 Å². The second kappa shape index (κ2) is 10.6. The van der Waals surface area contributed by atoms with Gasteiger partial charge in [-0.3, -0.25) is 4.90 Å². The number of carbonyl (C=O) groups is 3. The molecule has 1 atom stereocenters. The number of hydrogen-bond acceptors (Lipinski definition) is 6. The van der Waals surface area contributed by atoms with Gasteiger partial charge in [-0.1, -0.05) is 48.5 Å². The highest BCUT2D eigenvalue weighted by atomic mass is 16.6. The first-order chi connectivity index (χ1) is 17.1. The molecule has 2 amide bonds. The maximum absolute atomic E-state index is 12.6. The Morgan fingerprint density at radius 1 is 0.972 bits per heavy atom. The zero-order valence-corrected chi connectivity index (χ0v) is 20.9. The van der Waals surface area contributed by atoms with Crippen LogP contribution in [0.4, 0.5) is 9.59 Å². The molecule has 36 heavy (non-hydrogen) atoms. The van der Waals surface area contributed by atoms with Crippen LogP contribution in [0.3, 0.4) is 0 Å². The minimum atomic E-state index is -1.14. The zero-order valence-electron chi connectivity index (χ0n) is 20.9. The average Bonchev–Trinajstić information content (AvgIpc) is 3.15. The Kier molecular flexibility index (Phi) is 7.49. The fourth-order valence-electron chi connectivity index (χ4n) is 4.67. The molecule has 2 N–H and O–H groups in total. The van der Waals surface area contributed by atoms with Crippen LogP contribution >= 0.6 is 0 Å². The SMILES string of the molecule is CC(C)(C)OC(=O)N1CCN(C[C@@H](NC(=O)OCC2c3ccccc3-c3ccccc32)C(=O)O)CC1. The summed E-state index contributed by atoms with van der Waals surface area (Å²) in [5, 5.41) is 12.2. The molecule has 0 aromatic heterocycles. The van der Waals surface area contributed by atoms with E-state index in [1.165, 1.54) is 0 Å². The van der Waals surface area contributed by atoms with Gasteiger partial charge in [0.05, 0.1) is 0 Å². The van der Waals surface area contributed by atoms with Gasteiger partial charge in [0.1, 0.15) is 18.2 Å². The minimum absolute atomic E-state index is 0.104. The molecule has 2 aliphatic rings. The van der Waals surface area contributed by atoms with Gasteiger partial charge in [-0.25, -0.2) is 14.4 Å². The number of carbonyl (C=O) groups excluding carboxylic acids is 2. The molecule has 1 aliphatic heterocycles. The van der Waals surface area contributed by atoms with Crippen molar-refractivity contribution in [1.82, 2.24) is 15.1 Å². The predicted molar refractivity (Wildman–Crippen MR) is 134 cm³/mol. The van der Waals surface area contributed by atoms with E-state index in [2.05, 4.69) is 17.4 Å². The number of benzene rings is 2. The molecular formula is C27H33N3O6. The molecule has 9 heteroatoms. The van der Waals surface area contributed by atoms with Crippen molar-refractivity contribution in [3.05, 3.63) is 59.7 Å². The second-order valence-electron chi connectivity index (χ2n) is 10.1. The highest BCUT2D eigenvalue weighted by Gasteiger charge is 2.31. The summed E-state index contributed by atoms with van der Waals surface area (Å²) < 4.78 is 10.9. The summed E-state index contributed by atoms with van der Waals surface area (Å²) in [6.45, 7) is 7.47. The predicted octanol–water partition coefficient (Wildman–Crippen LogP) is 3.53. The van der Waals surface area contributed by atoms with Crippen LogP contribution in [0.5, 0.6) is 0 Å². The Labute approximate surface area is 211 Å². The van der Waals surface area contributed by atoms with E-state index in [0.29, 0.717) is 26.2 Å². The van der Waals surface area contributed by atoms with Gasteiger partial charge in [0, 0.05) is 38.6 Å². The molecule has 1 heterocycles. The lowest BCUT2D eigenvalue weighted by molar-refractivity contribution is -0.140. The molecule has 192 valence electrons. The number of carboxylic acid groups (broad SMARTS) is 1. The molecular weight excluding hydrogens is 462 g/mol. The lowest BCUT2D eigenvalue weighted by atomic mass is 9.98. The number of ether oxygens (including phenoxy) is 2.